The number of unbranched alkanes of at least 4 members (excludes halogenated alkanes) is 1. The Morgan fingerprint density at radius 2 is 2.03 bits per heavy atom. The third-order valence-electron chi connectivity index (χ3n) is 5.47. The number of ether oxygens (including phenoxy) is 1. The monoisotopic (exact) mass is 492 g/mol. The summed E-state index contributed by atoms with van der Waals surface area (Å²) in [6.45, 7) is 7.16. The van der Waals surface area contributed by atoms with E-state index in [1.807, 2.05) is 19.1 Å². The number of amides is 2. The van der Waals surface area contributed by atoms with E-state index in [2.05, 4.69) is 27.4 Å². The summed E-state index contributed by atoms with van der Waals surface area (Å²) in [5, 5.41) is 6.57. The molecule has 0 bridgehead atoms. The summed E-state index contributed by atoms with van der Waals surface area (Å²) >= 11 is 11.9. The number of likely N-dealkylation sites (tertiary alicyclic amines) is 1. The molecule has 7 nitrogen and oxygen atoms in total. The predicted octanol–water partition coefficient (Wildman–Crippen LogP) is 4.08. The van der Waals surface area contributed by atoms with Gasteiger partial charge in [0, 0.05) is 31.4 Å². The van der Waals surface area contributed by atoms with Crippen LogP contribution in [-0.2, 0) is 11.3 Å². The Hall–Kier alpha value is -2.35. The van der Waals surface area contributed by atoms with Crippen LogP contribution in [0, 0.1) is 0 Å². The Bertz CT molecular complexity index is 966. The van der Waals surface area contributed by atoms with Crippen LogP contribution in [-0.4, -0.2) is 53.5 Å². The van der Waals surface area contributed by atoms with E-state index in [4.69, 9.17) is 27.9 Å². The molecule has 2 heterocycles. The molecule has 1 aromatic heterocycles. The van der Waals surface area contributed by atoms with Gasteiger partial charge in [-0.15, -0.1) is 0 Å². The van der Waals surface area contributed by atoms with Gasteiger partial charge in [-0.1, -0.05) is 55.6 Å². The van der Waals surface area contributed by atoms with Crippen molar-refractivity contribution in [3.05, 3.63) is 57.7 Å². The zero-order valence-corrected chi connectivity index (χ0v) is 20.5. The average molecular weight is 493 g/mol. The van der Waals surface area contributed by atoms with Crippen molar-refractivity contribution in [3.8, 4) is 5.88 Å². The second kappa shape index (κ2) is 12.2. The number of rotatable bonds is 11. The van der Waals surface area contributed by atoms with Gasteiger partial charge in [-0.3, -0.25) is 14.5 Å². The lowest BCUT2D eigenvalue weighted by Gasteiger charge is -2.39. The number of pyridine rings is 1. The fourth-order valence-corrected chi connectivity index (χ4v) is 3.99. The lowest BCUT2D eigenvalue weighted by molar-refractivity contribution is -0.128. The first kappa shape index (κ1) is 25.3. The first-order valence-electron chi connectivity index (χ1n) is 11.3. The van der Waals surface area contributed by atoms with E-state index in [0.29, 0.717) is 17.0 Å². The average Bonchev–Trinajstić information content (AvgIpc) is 2.78. The van der Waals surface area contributed by atoms with Crippen molar-refractivity contribution in [1.82, 2.24) is 20.5 Å². The Morgan fingerprint density at radius 1 is 1.24 bits per heavy atom. The summed E-state index contributed by atoms with van der Waals surface area (Å²) in [7, 11) is 0. The summed E-state index contributed by atoms with van der Waals surface area (Å²) < 4.78 is 5.68. The molecule has 0 radical (unpaired) electrons. The highest BCUT2D eigenvalue weighted by Crippen LogP contribution is 2.25. The molecule has 2 N–H and O–H groups in total. The van der Waals surface area contributed by atoms with Crippen LogP contribution in [0.4, 0.5) is 0 Å². The van der Waals surface area contributed by atoms with E-state index >= 15 is 0 Å². The summed E-state index contributed by atoms with van der Waals surface area (Å²) in [6.07, 6.45) is 3.45. The highest BCUT2D eigenvalue weighted by Gasteiger charge is 2.27. The number of halogens is 2. The molecule has 1 aliphatic heterocycles. The Labute approximate surface area is 204 Å². The van der Waals surface area contributed by atoms with Crippen molar-refractivity contribution in [3.63, 3.8) is 0 Å². The molecule has 33 heavy (non-hydrogen) atoms. The van der Waals surface area contributed by atoms with Crippen LogP contribution in [0.5, 0.6) is 5.88 Å². The molecule has 0 saturated carbocycles. The lowest BCUT2D eigenvalue weighted by atomic mass is 10.1. The van der Waals surface area contributed by atoms with Crippen LogP contribution in [0.25, 0.3) is 0 Å². The number of carbonyl (C=O) groups excluding carboxylic acids is 2. The van der Waals surface area contributed by atoms with Gasteiger partial charge in [0.1, 0.15) is 5.02 Å². The van der Waals surface area contributed by atoms with Crippen LogP contribution >= 0.6 is 23.2 Å². The predicted molar refractivity (Wildman–Crippen MR) is 130 cm³/mol. The van der Waals surface area contributed by atoms with E-state index < -0.39 is 6.10 Å². The number of hydrogen-bond acceptors (Lipinski definition) is 5. The Balaban J connectivity index is 1.50. The third kappa shape index (κ3) is 7.32. The number of nitrogens with one attached hydrogen (secondary N) is 2. The van der Waals surface area contributed by atoms with E-state index in [1.165, 1.54) is 25.1 Å². The van der Waals surface area contributed by atoms with Gasteiger partial charge in [-0.2, -0.15) is 0 Å². The molecule has 3 rings (SSSR count). The first-order chi connectivity index (χ1) is 15.9. The molecule has 1 fully saturated rings. The highest BCUT2D eigenvalue weighted by atomic mass is 35.5. The Morgan fingerprint density at radius 3 is 2.73 bits per heavy atom. The van der Waals surface area contributed by atoms with Crippen molar-refractivity contribution in [1.29, 1.82) is 0 Å². The van der Waals surface area contributed by atoms with Gasteiger partial charge in [0.2, 0.25) is 5.88 Å². The minimum atomic E-state index is -0.753. The maximum Gasteiger partial charge on any atom is 0.261 e. The van der Waals surface area contributed by atoms with Gasteiger partial charge >= 0.3 is 0 Å². The van der Waals surface area contributed by atoms with E-state index in [1.54, 1.807) is 12.1 Å². The molecule has 0 aliphatic carbocycles. The molecule has 0 spiro atoms. The summed E-state index contributed by atoms with van der Waals surface area (Å²) in [4.78, 5) is 31.6. The molecule has 1 saturated heterocycles. The smallest absolute Gasteiger partial charge is 0.261 e. The lowest BCUT2D eigenvalue weighted by Crippen LogP contribution is -2.59. The summed E-state index contributed by atoms with van der Waals surface area (Å²) in [6, 6.07) is 8.96. The maximum atomic E-state index is 12.6. The third-order valence-corrected chi connectivity index (χ3v) is 5.94. The molecule has 2 aromatic rings. The van der Waals surface area contributed by atoms with Crippen molar-refractivity contribution in [2.45, 2.75) is 51.8 Å². The van der Waals surface area contributed by atoms with E-state index in [-0.39, 0.29) is 35.3 Å². The molecule has 1 atom stereocenters. The van der Waals surface area contributed by atoms with Gasteiger partial charge in [-0.25, -0.2) is 4.98 Å². The van der Waals surface area contributed by atoms with Crippen LogP contribution in [0.15, 0.2) is 36.5 Å². The largest absolute Gasteiger partial charge is 0.463 e. The van der Waals surface area contributed by atoms with Gasteiger partial charge in [0.25, 0.3) is 11.8 Å². The number of benzene rings is 1. The van der Waals surface area contributed by atoms with Crippen LogP contribution in [0.1, 0.15) is 49.0 Å². The zero-order valence-electron chi connectivity index (χ0n) is 18.9. The first-order valence-corrected chi connectivity index (χ1v) is 12.0. The SMILES string of the molecule is CCCCN1CC(NC(=O)c2cccc(CNC(=O)C(CC)Oc3ncc(Cl)cc3Cl)c2)C1. The number of carbonyl (C=O) groups is 2. The van der Waals surface area contributed by atoms with Gasteiger partial charge in [0.15, 0.2) is 6.10 Å². The number of nitrogens with zero attached hydrogens (tertiary/aromatic N) is 2. The standard InChI is InChI=1S/C24H30Cl2N4O3/c1-3-5-9-30-14-19(15-30)29-22(31)17-8-6-7-16(10-17)12-27-23(32)21(4-2)33-24-20(26)11-18(25)13-28-24/h6-8,10-11,13,19,21H,3-5,9,12,14-15H2,1-2H3,(H,27,32)(H,29,31). The number of aromatic nitrogens is 1. The molecule has 1 unspecified atom stereocenters. The minimum absolute atomic E-state index is 0.0958. The molecule has 9 heteroatoms. The molecule has 1 aromatic carbocycles. The second-order valence-electron chi connectivity index (χ2n) is 8.16. The normalized spacial score (nSPS) is 14.9. The topological polar surface area (TPSA) is 83.6 Å². The molecular formula is C24H30Cl2N4O3. The fourth-order valence-electron chi connectivity index (χ4n) is 3.57. The van der Waals surface area contributed by atoms with Crippen molar-refractivity contribution in [2.75, 3.05) is 19.6 Å². The summed E-state index contributed by atoms with van der Waals surface area (Å²) in [5.74, 6) is -0.227. The summed E-state index contributed by atoms with van der Waals surface area (Å²) in [5.41, 5.74) is 1.40. The highest BCUT2D eigenvalue weighted by molar-refractivity contribution is 6.35. The minimum Gasteiger partial charge on any atom is -0.463 e. The van der Waals surface area contributed by atoms with E-state index in [9.17, 15) is 9.59 Å². The van der Waals surface area contributed by atoms with Crippen LogP contribution in [0.2, 0.25) is 10.0 Å². The van der Waals surface area contributed by atoms with Crippen molar-refractivity contribution >= 4 is 35.0 Å². The molecular weight excluding hydrogens is 463 g/mol. The van der Waals surface area contributed by atoms with Crippen LogP contribution in [0.3, 0.4) is 0 Å². The zero-order chi connectivity index (χ0) is 23.8. The van der Waals surface area contributed by atoms with Crippen molar-refractivity contribution in [2.24, 2.45) is 0 Å². The maximum absolute atomic E-state index is 12.6. The second-order valence-corrected chi connectivity index (χ2v) is 9.00. The van der Waals surface area contributed by atoms with Gasteiger partial charge < -0.3 is 15.4 Å². The molecule has 178 valence electrons. The quantitative estimate of drug-likeness (QED) is 0.493. The van der Waals surface area contributed by atoms with Gasteiger partial charge in [-0.05, 0) is 43.1 Å². The van der Waals surface area contributed by atoms with Gasteiger partial charge in [0.05, 0.1) is 11.1 Å². The molecule has 2 amide bonds. The molecule has 1 aliphatic rings. The number of hydrogen-bond donors (Lipinski definition) is 2. The van der Waals surface area contributed by atoms with Crippen LogP contribution < -0.4 is 15.4 Å². The van der Waals surface area contributed by atoms with E-state index in [0.717, 1.165) is 25.2 Å². The fraction of sp³-hybridized carbons (Fsp3) is 0.458. The Kier molecular flexibility index (Phi) is 9.35. The van der Waals surface area contributed by atoms with Crippen molar-refractivity contribution < 1.29 is 14.3 Å².